The number of halogens is 2. The van der Waals surface area contributed by atoms with Gasteiger partial charge >= 0.3 is 0 Å². The van der Waals surface area contributed by atoms with E-state index in [0.717, 1.165) is 12.1 Å². The highest BCUT2D eigenvalue weighted by Crippen LogP contribution is 2.51. The lowest BCUT2D eigenvalue weighted by molar-refractivity contribution is -0.0576. The zero-order valence-corrected chi connectivity index (χ0v) is 11.2. The van der Waals surface area contributed by atoms with E-state index in [0.29, 0.717) is 6.42 Å². The monoisotopic (exact) mass is 280 g/mol. The maximum atomic E-state index is 13.7. The highest BCUT2D eigenvalue weighted by molar-refractivity contribution is 7.10. The molecule has 5 heteroatoms. The van der Waals surface area contributed by atoms with E-state index in [9.17, 15) is 8.78 Å². The molecule has 2 aromatic heterocycles. The van der Waals surface area contributed by atoms with Crippen LogP contribution in [-0.4, -0.2) is 15.5 Å². The van der Waals surface area contributed by atoms with Crippen LogP contribution in [0.1, 0.15) is 36.6 Å². The van der Waals surface area contributed by atoms with Gasteiger partial charge in [-0.25, -0.2) is 13.8 Å². The number of imidazole rings is 1. The van der Waals surface area contributed by atoms with Crippen molar-refractivity contribution in [2.24, 2.45) is 5.92 Å². The molecule has 1 fully saturated rings. The number of aromatic nitrogens is 2. The molecular weight excluding hydrogens is 266 g/mol. The molecule has 0 N–H and O–H groups in total. The van der Waals surface area contributed by atoms with E-state index in [-0.39, 0.29) is 24.8 Å². The molecule has 0 radical (unpaired) electrons. The fraction of sp³-hybridized carbons (Fsp3) is 0.500. The Morgan fingerprint density at radius 1 is 1.42 bits per heavy atom. The van der Waals surface area contributed by atoms with Crippen molar-refractivity contribution in [2.45, 2.75) is 37.6 Å². The van der Waals surface area contributed by atoms with Crippen molar-refractivity contribution in [1.29, 1.82) is 0 Å². The molecule has 2 atom stereocenters. The minimum Gasteiger partial charge on any atom is -0.322 e. The van der Waals surface area contributed by atoms with E-state index in [2.05, 4.69) is 21.0 Å². The summed E-state index contributed by atoms with van der Waals surface area (Å²) in [6, 6.07) is 2.15. The van der Waals surface area contributed by atoms with Crippen molar-refractivity contribution in [1.82, 2.24) is 9.55 Å². The van der Waals surface area contributed by atoms with Crippen molar-refractivity contribution in [3.63, 3.8) is 0 Å². The Balaban J connectivity index is 1.76. The molecule has 0 spiro atoms. The fourth-order valence-corrected chi connectivity index (χ4v) is 4.64. The maximum absolute atomic E-state index is 13.7. The third-order valence-electron chi connectivity index (χ3n) is 4.33. The van der Waals surface area contributed by atoms with Crippen molar-refractivity contribution >= 4 is 11.3 Å². The van der Waals surface area contributed by atoms with Crippen LogP contribution in [0.3, 0.4) is 0 Å². The predicted molar refractivity (Wildman–Crippen MR) is 70.6 cm³/mol. The molecule has 0 saturated heterocycles. The molecule has 2 unspecified atom stereocenters. The van der Waals surface area contributed by atoms with E-state index < -0.39 is 5.92 Å². The summed E-state index contributed by atoms with van der Waals surface area (Å²) in [6.45, 7) is 0. The van der Waals surface area contributed by atoms with Crippen LogP contribution in [0.25, 0.3) is 11.3 Å². The first-order valence-electron chi connectivity index (χ1n) is 6.63. The van der Waals surface area contributed by atoms with Crippen molar-refractivity contribution < 1.29 is 8.78 Å². The van der Waals surface area contributed by atoms with Crippen molar-refractivity contribution in [2.75, 3.05) is 0 Å². The molecule has 0 aromatic carbocycles. The largest absolute Gasteiger partial charge is 0.322 e. The first-order chi connectivity index (χ1) is 9.16. The summed E-state index contributed by atoms with van der Waals surface area (Å²) in [5.41, 5.74) is 2.26. The van der Waals surface area contributed by atoms with E-state index in [1.165, 1.54) is 10.4 Å². The van der Waals surface area contributed by atoms with Gasteiger partial charge in [0.25, 0.3) is 0 Å². The number of thiophene rings is 1. The van der Waals surface area contributed by atoms with Gasteiger partial charge in [0.2, 0.25) is 5.92 Å². The minimum atomic E-state index is -2.50. The Bertz CT molecular complexity index is 576. The van der Waals surface area contributed by atoms with Crippen LogP contribution in [0, 0.1) is 5.92 Å². The second-order valence-electron chi connectivity index (χ2n) is 5.54. The summed E-state index contributed by atoms with van der Waals surface area (Å²) in [5, 5.41) is 2.05. The van der Waals surface area contributed by atoms with Gasteiger partial charge in [0.15, 0.2) is 0 Å². The Kier molecular flexibility index (Phi) is 2.37. The molecule has 19 heavy (non-hydrogen) atoms. The third-order valence-corrected chi connectivity index (χ3v) is 5.32. The number of fused-ring (bicyclic) bond motifs is 3. The zero-order chi connectivity index (χ0) is 13.0. The van der Waals surface area contributed by atoms with Gasteiger partial charge in [-0.3, -0.25) is 0 Å². The Morgan fingerprint density at radius 2 is 2.32 bits per heavy atom. The topological polar surface area (TPSA) is 17.8 Å². The van der Waals surface area contributed by atoms with Gasteiger partial charge in [-0.2, -0.15) is 0 Å². The molecule has 1 aliphatic heterocycles. The first kappa shape index (κ1) is 11.6. The van der Waals surface area contributed by atoms with Crippen molar-refractivity contribution in [3.8, 4) is 11.3 Å². The number of nitrogens with zero attached hydrogens (tertiary/aromatic N) is 2. The van der Waals surface area contributed by atoms with Gasteiger partial charge < -0.3 is 4.57 Å². The minimum absolute atomic E-state index is 0.00657. The van der Waals surface area contributed by atoms with Gasteiger partial charge in [0.05, 0.1) is 24.3 Å². The molecule has 1 aliphatic carbocycles. The van der Waals surface area contributed by atoms with Crippen LogP contribution < -0.4 is 0 Å². The highest BCUT2D eigenvalue weighted by Gasteiger charge is 2.43. The first-order valence-corrected chi connectivity index (χ1v) is 7.51. The molecule has 3 heterocycles. The second-order valence-corrected chi connectivity index (χ2v) is 6.49. The standard InChI is InChI=1S/C14H14F2N2S/c15-14(16)4-1-2-9(6-14)12-13-10(3-5-19-13)11-7-17-8-18(11)12/h3,5,7-9,12H,1-2,4,6H2. The summed E-state index contributed by atoms with van der Waals surface area (Å²) in [6.07, 6.45) is 5.19. The van der Waals surface area contributed by atoms with Gasteiger partial charge in [-0.1, -0.05) is 0 Å². The Hall–Kier alpha value is -1.23. The average molecular weight is 280 g/mol. The van der Waals surface area contributed by atoms with Crippen molar-refractivity contribution in [3.05, 3.63) is 28.8 Å². The summed E-state index contributed by atoms with van der Waals surface area (Å²) in [7, 11) is 0. The highest BCUT2D eigenvalue weighted by atomic mass is 32.1. The smallest absolute Gasteiger partial charge is 0.248 e. The van der Waals surface area contributed by atoms with E-state index in [4.69, 9.17) is 0 Å². The summed E-state index contributed by atoms with van der Waals surface area (Å²) in [4.78, 5) is 5.42. The van der Waals surface area contributed by atoms with Gasteiger partial charge in [-0.15, -0.1) is 11.3 Å². The molecule has 1 saturated carbocycles. The molecule has 2 aliphatic rings. The number of rotatable bonds is 1. The lowest BCUT2D eigenvalue weighted by Gasteiger charge is -2.33. The van der Waals surface area contributed by atoms with Gasteiger partial charge in [-0.05, 0) is 30.2 Å². The van der Waals surface area contributed by atoms with Gasteiger partial charge in [0, 0.05) is 23.3 Å². The summed E-state index contributed by atoms with van der Waals surface area (Å²) < 4.78 is 29.5. The van der Waals surface area contributed by atoms with Gasteiger partial charge in [0.1, 0.15) is 0 Å². The maximum Gasteiger partial charge on any atom is 0.248 e. The Labute approximate surface area is 114 Å². The fourth-order valence-electron chi connectivity index (χ4n) is 3.54. The second kappa shape index (κ2) is 3.88. The van der Waals surface area contributed by atoms with Crippen LogP contribution in [0.2, 0.25) is 0 Å². The molecule has 100 valence electrons. The SMILES string of the molecule is FC1(F)CCCC(C2c3sccc3-c3cncn32)C1. The van der Waals surface area contributed by atoms with E-state index in [1.54, 1.807) is 17.7 Å². The van der Waals surface area contributed by atoms with Crippen LogP contribution in [-0.2, 0) is 0 Å². The third kappa shape index (κ3) is 1.67. The number of alkyl halides is 2. The van der Waals surface area contributed by atoms with E-state index >= 15 is 0 Å². The quantitative estimate of drug-likeness (QED) is 0.759. The summed E-state index contributed by atoms with van der Waals surface area (Å²) >= 11 is 1.68. The molecule has 2 nitrogen and oxygen atoms in total. The number of hydrogen-bond acceptors (Lipinski definition) is 2. The molecule has 0 amide bonds. The van der Waals surface area contributed by atoms with Crippen LogP contribution in [0.4, 0.5) is 8.78 Å². The molecule has 4 rings (SSSR count). The van der Waals surface area contributed by atoms with E-state index in [1.807, 2.05) is 6.20 Å². The average Bonchev–Trinajstić information content (AvgIpc) is 2.98. The normalized spacial score (nSPS) is 28.1. The lowest BCUT2D eigenvalue weighted by Crippen LogP contribution is -2.30. The molecule has 0 bridgehead atoms. The van der Waals surface area contributed by atoms with Crippen LogP contribution >= 0.6 is 11.3 Å². The zero-order valence-electron chi connectivity index (χ0n) is 10.4. The van der Waals surface area contributed by atoms with Crippen LogP contribution in [0.5, 0.6) is 0 Å². The number of hydrogen-bond donors (Lipinski definition) is 0. The molecule has 2 aromatic rings. The lowest BCUT2D eigenvalue weighted by atomic mass is 9.81. The van der Waals surface area contributed by atoms with Crippen LogP contribution in [0.15, 0.2) is 24.0 Å². The molecular formula is C14H14F2N2S. The summed E-state index contributed by atoms with van der Waals surface area (Å²) in [5.74, 6) is -2.47. The Morgan fingerprint density at radius 3 is 3.16 bits per heavy atom. The predicted octanol–water partition coefficient (Wildman–Crippen LogP) is 4.34.